The van der Waals surface area contributed by atoms with E-state index in [0.717, 1.165) is 46.5 Å². The molecule has 0 spiro atoms. The Kier molecular flexibility index (Phi) is 7.55. The average Bonchev–Trinajstić information content (AvgIpc) is 3.30. The predicted molar refractivity (Wildman–Crippen MR) is 132 cm³/mol. The molecule has 3 nitrogen and oxygen atoms in total. The van der Waals surface area contributed by atoms with E-state index in [1.54, 1.807) is 0 Å². The van der Waals surface area contributed by atoms with E-state index in [0.29, 0.717) is 0 Å². The number of imidazole rings is 1. The van der Waals surface area contributed by atoms with Gasteiger partial charge in [-0.25, -0.2) is 0 Å². The SMILES string of the molecule is Cc1cccc(C)c1-n1cnc(-c2[c-]c(Cc3[c-]c(Cc4ccccn4)ccc3)ccc2)c1.[Pt+2]. The number of nitrogens with zero attached hydrogens (tertiary/aromatic N) is 3. The molecule has 0 saturated heterocycles. The Morgan fingerprint density at radius 2 is 1.38 bits per heavy atom. The third kappa shape index (κ3) is 5.43. The molecule has 4 heteroatoms. The maximum atomic E-state index is 4.67. The first-order valence-electron chi connectivity index (χ1n) is 11.2. The third-order valence-corrected chi connectivity index (χ3v) is 5.81. The number of para-hydroxylation sites is 1. The summed E-state index contributed by atoms with van der Waals surface area (Å²) in [6, 6.07) is 32.1. The molecule has 0 unspecified atom stereocenters. The molecule has 0 amide bonds. The van der Waals surface area contributed by atoms with Crippen molar-refractivity contribution in [3.63, 3.8) is 0 Å². The molecule has 3 aromatic carbocycles. The van der Waals surface area contributed by atoms with Gasteiger partial charge in [-0.15, -0.1) is 35.4 Å². The first kappa shape index (κ1) is 23.9. The van der Waals surface area contributed by atoms with E-state index in [1.165, 1.54) is 16.8 Å². The molecule has 0 aliphatic rings. The summed E-state index contributed by atoms with van der Waals surface area (Å²) >= 11 is 0. The fourth-order valence-electron chi connectivity index (χ4n) is 4.25. The molecule has 0 radical (unpaired) electrons. The van der Waals surface area contributed by atoms with E-state index in [9.17, 15) is 0 Å². The average molecular weight is 623 g/mol. The molecule has 0 aliphatic carbocycles. The monoisotopic (exact) mass is 622 g/mol. The van der Waals surface area contributed by atoms with Crippen LogP contribution < -0.4 is 0 Å². The number of hydrogen-bond acceptors (Lipinski definition) is 2. The van der Waals surface area contributed by atoms with Crippen molar-refractivity contribution in [2.45, 2.75) is 26.7 Å². The number of benzene rings is 3. The number of pyridine rings is 1. The smallest absolute Gasteiger partial charge is 0.315 e. The molecule has 0 saturated carbocycles. The Morgan fingerprint density at radius 3 is 2.12 bits per heavy atom. The first-order valence-corrected chi connectivity index (χ1v) is 11.2. The zero-order chi connectivity index (χ0) is 22.6. The van der Waals surface area contributed by atoms with Gasteiger partial charge in [0.25, 0.3) is 0 Å². The molecule has 0 N–H and O–H groups in total. The van der Waals surface area contributed by atoms with Gasteiger partial charge in [0.2, 0.25) is 0 Å². The van der Waals surface area contributed by atoms with Crippen LogP contribution >= 0.6 is 0 Å². The van der Waals surface area contributed by atoms with Crippen LogP contribution in [0, 0.1) is 26.0 Å². The van der Waals surface area contributed by atoms with E-state index in [-0.39, 0.29) is 21.1 Å². The number of aromatic nitrogens is 3. The maximum absolute atomic E-state index is 4.67. The largest absolute Gasteiger partial charge is 2.00 e. The molecule has 0 aliphatic heterocycles. The summed E-state index contributed by atoms with van der Waals surface area (Å²) in [6.45, 7) is 4.26. The van der Waals surface area contributed by atoms with Crippen molar-refractivity contribution >= 4 is 0 Å². The van der Waals surface area contributed by atoms with Crippen molar-refractivity contribution in [2.24, 2.45) is 0 Å². The van der Waals surface area contributed by atoms with Gasteiger partial charge >= 0.3 is 21.1 Å². The second-order valence-electron chi connectivity index (χ2n) is 8.37. The summed E-state index contributed by atoms with van der Waals surface area (Å²) in [7, 11) is 0. The van der Waals surface area contributed by atoms with Crippen LogP contribution in [-0.4, -0.2) is 14.5 Å². The fraction of sp³-hybridized carbons (Fsp3) is 0.133. The van der Waals surface area contributed by atoms with E-state index in [1.807, 2.05) is 24.7 Å². The van der Waals surface area contributed by atoms with Crippen LogP contribution in [0.15, 0.2) is 91.5 Å². The molecule has 0 fully saturated rings. The molecule has 170 valence electrons. The van der Waals surface area contributed by atoms with Crippen molar-refractivity contribution < 1.29 is 21.1 Å². The van der Waals surface area contributed by atoms with Gasteiger partial charge in [0, 0.05) is 17.6 Å². The molecule has 34 heavy (non-hydrogen) atoms. The molecule has 0 bridgehead atoms. The van der Waals surface area contributed by atoms with Crippen LogP contribution in [0.25, 0.3) is 16.9 Å². The summed E-state index contributed by atoms with van der Waals surface area (Å²) in [5.74, 6) is 0. The van der Waals surface area contributed by atoms with Crippen molar-refractivity contribution in [1.29, 1.82) is 0 Å². The van der Waals surface area contributed by atoms with Gasteiger partial charge in [0.1, 0.15) is 0 Å². The van der Waals surface area contributed by atoms with Crippen molar-refractivity contribution in [3.05, 3.63) is 137 Å². The first-order chi connectivity index (χ1) is 16.2. The van der Waals surface area contributed by atoms with Gasteiger partial charge in [-0.1, -0.05) is 24.3 Å². The minimum Gasteiger partial charge on any atom is -0.315 e. The molecule has 2 aromatic heterocycles. The van der Waals surface area contributed by atoms with Gasteiger partial charge in [-0.3, -0.25) is 9.97 Å². The molecule has 5 rings (SSSR count). The Morgan fingerprint density at radius 1 is 0.706 bits per heavy atom. The minimum absolute atomic E-state index is 0. The van der Waals surface area contributed by atoms with Crippen LogP contribution in [0.1, 0.15) is 33.5 Å². The minimum atomic E-state index is 0. The molecule has 2 heterocycles. The van der Waals surface area contributed by atoms with Gasteiger partial charge in [-0.05, 0) is 56.1 Å². The van der Waals surface area contributed by atoms with E-state index in [4.69, 9.17) is 0 Å². The fourth-order valence-corrected chi connectivity index (χ4v) is 4.25. The predicted octanol–water partition coefficient (Wildman–Crippen LogP) is 6.33. The second kappa shape index (κ2) is 10.8. The number of rotatable bonds is 6. The molecule has 0 atom stereocenters. The standard InChI is InChI=1S/C30H25N3.Pt/c1-22-8-5-9-23(2)30(22)33-20-29(32-21-33)27-13-7-12-25(18-27)16-24-10-6-11-26(17-24)19-28-14-3-4-15-31-28;/h3-15,20-21H,16,19H2,1-2H3;/q-2;+2. The zero-order valence-corrected chi connectivity index (χ0v) is 21.5. The van der Waals surface area contributed by atoms with Gasteiger partial charge in [0.15, 0.2) is 0 Å². The van der Waals surface area contributed by atoms with Gasteiger partial charge < -0.3 is 4.57 Å². The zero-order valence-electron chi connectivity index (χ0n) is 19.2. The number of hydrogen-bond donors (Lipinski definition) is 0. The second-order valence-corrected chi connectivity index (χ2v) is 8.37. The Bertz CT molecular complexity index is 1370. The molecule has 5 aromatic rings. The van der Waals surface area contributed by atoms with Gasteiger partial charge in [-0.2, -0.15) is 35.4 Å². The Balaban J connectivity index is 0.00000274. The summed E-state index contributed by atoms with van der Waals surface area (Å²) in [5, 5.41) is 0. The van der Waals surface area contributed by atoms with Crippen LogP contribution in [0.4, 0.5) is 0 Å². The maximum Gasteiger partial charge on any atom is 2.00 e. The Labute approximate surface area is 215 Å². The quantitative estimate of drug-likeness (QED) is 0.207. The third-order valence-electron chi connectivity index (χ3n) is 5.81. The van der Waals surface area contributed by atoms with Crippen molar-refractivity contribution in [2.75, 3.05) is 0 Å². The Hall–Kier alpha value is -3.29. The van der Waals surface area contributed by atoms with Crippen LogP contribution in [-0.2, 0) is 33.9 Å². The topological polar surface area (TPSA) is 30.7 Å². The summed E-state index contributed by atoms with van der Waals surface area (Å²) in [5.41, 5.74) is 10.1. The molecular formula is C30H25N3Pt. The molecular weight excluding hydrogens is 597 g/mol. The van der Waals surface area contributed by atoms with Crippen molar-refractivity contribution in [1.82, 2.24) is 14.5 Å². The van der Waals surface area contributed by atoms with E-state index >= 15 is 0 Å². The normalized spacial score (nSPS) is 10.6. The van der Waals surface area contributed by atoms with Crippen molar-refractivity contribution in [3.8, 4) is 16.9 Å². The summed E-state index contributed by atoms with van der Waals surface area (Å²) in [4.78, 5) is 9.10. The number of aryl methyl sites for hydroxylation is 2. The summed E-state index contributed by atoms with van der Waals surface area (Å²) < 4.78 is 2.11. The van der Waals surface area contributed by atoms with Crippen LogP contribution in [0.2, 0.25) is 0 Å². The van der Waals surface area contributed by atoms with Gasteiger partial charge in [0.05, 0.1) is 12.0 Å². The van der Waals surface area contributed by atoms with Crippen LogP contribution in [0.3, 0.4) is 0 Å². The van der Waals surface area contributed by atoms with E-state index < -0.39 is 0 Å². The summed E-state index contributed by atoms with van der Waals surface area (Å²) in [6.07, 6.45) is 7.38. The van der Waals surface area contributed by atoms with E-state index in [2.05, 4.69) is 107 Å². The van der Waals surface area contributed by atoms with Crippen LogP contribution in [0.5, 0.6) is 0 Å².